The van der Waals surface area contributed by atoms with Crippen LogP contribution >= 0.6 is 15.9 Å². The number of halogens is 1. The summed E-state index contributed by atoms with van der Waals surface area (Å²) in [6.07, 6.45) is 0. The van der Waals surface area contributed by atoms with Gasteiger partial charge in [-0.1, -0.05) is 46.3 Å². The van der Waals surface area contributed by atoms with Crippen molar-refractivity contribution in [2.45, 2.75) is 12.5 Å². The first-order valence-electron chi connectivity index (χ1n) is 6.42. The maximum atomic E-state index is 12.4. The van der Waals surface area contributed by atoms with Gasteiger partial charge in [0.2, 0.25) is 0 Å². The van der Waals surface area contributed by atoms with E-state index in [0.29, 0.717) is 5.33 Å². The van der Waals surface area contributed by atoms with E-state index in [9.17, 15) is 15.0 Å². The zero-order valence-electron chi connectivity index (χ0n) is 11.5. The fourth-order valence-electron chi connectivity index (χ4n) is 2.01. The monoisotopic (exact) mass is 349 g/mol. The number of phenols is 2. The molecule has 0 spiro atoms. The molecule has 0 saturated heterocycles. The summed E-state index contributed by atoms with van der Waals surface area (Å²) in [6.45, 7) is 1.88. The standard InChI is InChI=1S/C16H16BrNO3/c1-16(10-17,11-5-3-2-4-6-11)18-15(21)13-9-12(19)7-8-14(13)20/h2-9,19-20H,10H2,1H3,(H,18,21). The lowest BCUT2D eigenvalue weighted by molar-refractivity contribution is 0.0911. The zero-order valence-corrected chi connectivity index (χ0v) is 13.1. The molecule has 1 amide bonds. The lowest BCUT2D eigenvalue weighted by atomic mass is 9.93. The Morgan fingerprint density at radius 1 is 1.19 bits per heavy atom. The van der Waals surface area contributed by atoms with Crippen molar-refractivity contribution < 1.29 is 15.0 Å². The van der Waals surface area contributed by atoms with Crippen LogP contribution in [0.25, 0.3) is 0 Å². The van der Waals surface area contributed by atoms with E-state index in [1.54, 1.807) is 0 Å². The van der Waals surface area contributed by atoms with Crippen LogP contribution in [0.2, 0.25) is 0 Å². The maximum absolute atomic E-state index is 12.4. The summed E-state index contributed by atoms with van der Waals surface area (Å²) in [6, 6.07) is 13.4. The Morgan fingerprint density at radius 3 is 2.48 bits per heavy atom. The van der Waals surface area contributed by atoms with E-state index in [2.05, 4.69) is 21.2 Å². The second-order valence-electron chi connectivity index (χ2n) is 4.99. The third-order valence-corrected chi connectivity index (χ3v) is 4.41. The first kappa shape index (κ1) is 15.4. The third-order valence-electron chi connectivity index (χ3n) is 3.29. The third kappa shape index (κ3) is 3.36. The van der Waals surface area contributed by atoms with Crippen LogP contribution in [0.1, 0.15) is 22.8 Å². The number of carbonyl (C=O) groups excluding carboxylic acids is 1. The molecule has 0 radical (unpaired) electrons. The molecule has 21 heavy (non-hydrogen) atoms. The fourth-order valence-corrected chi connectivity index (χ4v) is 2.48. The molecular weight excluding hydrogens is 334 g/mol. The van der Waals surface area contributed by atoms with Gasteiger partial charge in [-0.25, -0.2) is 0 Å². The smallest absolute Gasteiger partial charge is 0.255 e. The lowest BCUT2D eigenvalue weighted by Gasteiger charge is -2.29. The maximum Gasteiger partial charge on any atom is 0.255 e. The Morgan fingerprint density at radius 2 is 1.86 bits per heavy atom. The topological polar surface area (TPSA) is 69.6 Å². The van der Waals surface area contributed by atoms with E-state index in [1.165, 1.54) is 18.2 Å². The molecule has 1 atom stereocenters. The number of hydrogen-bond donors (Lipinski definition) is 3. The highest BCUT2D eigenvalue weighted by molar-refractivity contribution is 9.09. The minimum absolute atomic E-state index is 0.0399. The van der Waals surface area contributed by atoms with E-state index >= 15 is 0 Å². The van der Waals surface area contributed by atoms with Crippen molar-refractivity contribution in [3.63, 3.8) is 0 Å². The van der Waals surface area contributed by atoms with Crippen LogP contribution in [0.15, 0.2) is 48.5 Å². The summed E-state index contributed by atoms with van der Waals surface area (Å²) in [7, 11) is 0. The van der Waals surface area contributed by atoms with Crippen molar-refractivity contribution in [3.8, 4) is 11.5 Å². The van der Waals surface area contributed by atoms with Gasteiger partial charge in [-0.3, -0.25) is 4.79 Å². The van der Waals surface area contributed by atoms with E-state index in [1.807, 2.05) is 37.3 Å². The Labute approximate surface area is 131 Å². The van der Waals surface area contributed by atoms with Gasteiger partial charge in [-0.05, 0) is 30.7 Å². The molecule has 0 fully saturated rings. The first-order valence-corrected chi connectivity index (χ1v) is 7.54. The molecule has 2 aromatic rings. The first-order chi connectivity index (χ1) is 9.96. The quantitative estimate of drug-likeness (QED) is 0.586. The zero-order chi connectivity index (χ0) is 15.5. The molecule has 0 bridgehead atoms. The predicted molar refractivity (Wildman–Crippen MR) is 84.8 cm³/mol. The van der Waals surface area contributed by atoms with Crippen molar-refractivity contribution in [2.24, 2.45) is 0 Å². The summed E-state index contributed by atoms with van der Waals surface area (Å²) in [5.74, 6) is -0.692. The summed E-state index contributed by atoms with van der Waals surface area (Å²) >= 11 is 3.42. The largest absolute Gasteiger partial charge is 0.508 e. The fraction of sp³-hybridized carbons (Fsp3) is 0.188. The van der Waals surface area contributed by atoms with Crippen LogP contribution in [0.3, 0.4) is 0 Å². The Balaban J connectivity index is 2.30. The molecule has 0 heterocycles. The van der Waals surface area contributed by atoms with Crippen molar-refractivity contribution in [1.82, 2.24) is 5.32 Å². The summed E-state index contributed by atoms with van der Waals surface area (Å²) < 4.78 is 0. The van der Waals surface area contributed by atoms with E-state index < -0.39 is 11.4 Å². The van der Waals surface area contributed by atoms with Crippen LogP contribution in [-0.4, -0.2) is 21.5 Å². The van der Waals surface area contributed by atoms with E-state index in [4.69, 9.17) is 0 Å². The van der Waals surface area contributed by atoms with Crippen LogP contribution < -0.4 is 5.32 Å². The van der Waals surface area contributed by atoms with Gasteiger partial charge in [0.05, 0.1) is 11.1 Å². The summed E-state index contributed by atoms with van der Waals surface area (Å²) in [5, 5.41) is 22.6. The Bertz CT molecular complexity index is 645. The Hall–Kier alpha value is -2.01. The molecule has 0 saturated carbocycles. The van der Waals surface area contributed by atoms with Crippen molar-refractivity contribution in [1.29, 1.82) is 0 Å². The molecule has 0 aromatic heterocycles. The number of phenolic OH excluding ortho intramolecular Hbond substituents is 2. The minimum atomic E-state index is -0.629. The molecule has 2 rings (SSSR count). The minimum Gasteiger partial charge on any atom is -0.508 e. The number of aromatic hydroxyl groups is 2. The van der Waals surface area contributed by atoms with Crippen LogP contribution in [0, 0.1) is 0 Å². The molecule has 1 unspecified atom stereocenters. The van der Waals surface area contributed by atoms with E-state index in [-0.39, 0.29) is 17.1 Å². The van der Waals surface area contributed by atoms with Crippen LogP contribution in [0.4, 0.5) is 0 Å². The molecular formula is C16H16BrNO3. The lowest BCUT2D eigenvalue weighted by Crippen LogP contribution is -2.44. The highest BCUT2D eigenvalue weighted by atomic mass is 79.9. The van der Waals surface area contributed by atoms with Gasteiger partial charge in [0, 0.05) is 5.33 Å². The molecule has 3 N–H and O–H groups in total. The predicted octanol–water partition coefficient (Wildman–Crippen LogP) is 3.14. The number of carbonyl (C=O) groups is 1. The second-order valence-corrected chi connectivity index (χ2v) is 5.55. The average molecular weight is 350 g/mol. The number of alkyl halides is 1. The highest BCUT2D eigenvalue weighted by Gasteiger charge is 2.28. The number of amides is 1. The average Bonchev–Trinajstić information content (AvgIpc) is 2.50. The van der Waals surface area contributed by atoms with Crippen LogP contribution in [-0.2, 0) is 5.54 Å². The van der Waals surface area contributed by atoms with Crippen LogP contribution in [0.5, 0.6) is 11.5 Å². The SMILES string of the molecule is CC(CBr)(NC(=O)c1cc(O)ccc1O)c1ccccc1. The second kappa shape index (κ2) is 6.18. The van der Waals surface area contributed by atoms with Gasteiger partial charge >= 0.3 is 0 Å². The molecule has 110 valence electrons. The number of rotatable bonds is 4. The molecule has 2 aromatic carbocycles. The van der Waals surface area contributed by atoms with Gasteiger partial charge in [0.25, 0.3) is 5.91 Å². The van der Waals surface area contributed by atoms with Crippen molar-refractivity contribution in [2.75, 3.05) is 5.33 Å². The van der Waals surface area contributed by atoms with E-state index in [0.717, 1.165) is 5.56 Å². The summed E-state index contributed by atoms with van der Waals surface area (Å²) in [4.78, 5) is 12.4. The molecule has 0 aliphatic heterocycles. The molecule has 0 aliphatic carbocycles. The normalized spacial score (nSPS) is 13.4. The highest BCUT2D eigenvalue weighted by Crippen LogP contribution is 2.26. The van der Waals surface area contributed by atoms with Gasteiger partial charge in [-0.2, -0.15) is 0 Å². The number of benzene rings is 2. The number of nitrogens with one attached hydrogen (secondary N) is 1. The molecule has 4 nitrogen and oxygen atoms in total. The van der Waals surface area contributed by atoms with Gasteiger partial charge < -0.3 is 15.5 Å². The van der Waals surface area contributed by atoms with Gasteiger partial charge in [0.1, 0.15) is 11.5 Å². The van der Waals surface area contributed by atoms with Gasteiger partial charge in [-0.15, -0.1) is 0 Å². The van der Waals surface area contributed by atoms with Crippen molar-refractivity contribution >= 4 is 21.8 Å². The molecule has 5 heteroatoms. The number of hydrogen-bond acceptors (Lipinski definition) is 3. The van der Waals surface area contributed by atoms with Crippen molar-refractivity contribution in [3.05, 3.63) is 59.7 Å². The summed E-state index contributed by atoms with van der Waals surface area (Å²) in [5.41, 5.74) is 0.351. The molecule has 0 aliphatic rings. The Kier molecular flexibility index (Phi) is 4.53. The van der Waals surface area contributed by atoms with Gasteiger partial charge in [0.15, 0.2) is 0 Å².